The van der Waals surface area contributed by atoms with Crippen LogP contribution in [0.5, 0.6) is 0 Å². The maximum atomic E-state index is 13.2. The Morgan fingerprint density at radius 2 is 1.76 bits per heavy atom. The van der Waals surface area contributed by atoms with Gasteiger partial charge in [-0.1, -0.05) is 40.7 Å². The molecule has 0 spiro atoms. The molecule has 3 aromatic rings. The van der Waals surface area contributed by atoms with E-state index in [0.717, 1.165) is 10.5 Å². The summed E-state index contributed by atoms with van der Waals surface area (Å²) >= 11 is 0. The molecule has 0 saturated carbocycles. The number of halogens is 1. The highest BCUT2D eigenvalue weighted by molar-refractivity contribution is 6.25. The zero-order valence-electron chi connectivity index (χ0n) is 14.8. The van der Waals surface area contributed by atoms with Gasteiger partial charge in [-0.15, -0.1) is 0 Å². The summed E-state index contributed by atoms with van der Waals surface area (Å²) in [5.74, 6) is -0.799. The minimum Gasteiger partial charge on any atom is -0.337 e. The molecule has 1 aromatic heterocycles. The first kappa shape index (κ1) is 17.2. The molecule has 0 bridgehead atoms. The van der Waals surface area contributed by atoms with Gasteiger partial charge in [-0.3, -0.25) is 14.6 Å². The Balaban J connectivity index is 1.37. The third-order valence-electron chi connectivity index (χ3n) is 4.74. The molecular formula is C19H13FN6O3. The lowest BCUT2D eigenvalue weighted by Crippen LogP contribution is -2.39. The second-order valence-electron chi connectivity index (χ2n) is 6.56. The smallest absolute Gasteiger partial charge is 0.263 e. The average molecular weight is 392 g/mol. The minimum absolute atomic E-state index is 0.0285. The van der Waals surface area contributed by atoms with E-state index in [9.17, 15) is 14.0 Å². The van der Waals surface area contributed by atoms with Gasteiger partial charge in [-0.05, 0) is 24.3 Å². The van der Waals surface area contributed by atoms with Crippen molar-refractivity contribution in [2.45, 2.75) is 18.6 Å². The van der Waals surface area contributed by atoms with Crippen molar-refractivity contribution in [1.82, 2.24) is 15.1 Å². The Morgan fingerprint density at radius 3 is 2.52 bits per heavy atom. The number of carbonyl (C=O) groups is 2. The summed E-state index contributed by atoms with van der Waals surface area (Å²) < 4.78 is 18.4. The number of nitrogens with zero attached hydrogens (tertiary/aromatic N) is 6. The van der Waals surface area contributed by atoms with Crippen LogP contribution < -0.4 is 4.90 Å². The Labute approximate surface area is 163 Å². The van der Waals surface area contributed by atoms with E-state index >= 15 is 0 Å². The van der Waals surface area contributed by atoms with Gasteiger partial charge in [0.25, 0.3) is 11.8 Å². The van der Waals surface area contributed by atoms with Crippen molar-refractivity contribution in [2.24, 2.45) is 10.3 Å². The summed E-state index contributed by atoms with van der Waals surface area (Å²) in [6.45, 7) is 0.0285. The Kier molecular flexibility index (Phi) is 3.90. The summed E-state index contributed by atoms with van der Waals surface area (Å²) in [5, 5.41) is 13.2. The Morgan fingerprint density at radius 1 is 1.00 bits per heavy atom. The number of amides is 2. The van der Waals surface area contributed by atoms with E-state index in [-0.39, 0.29) is 18.1 Å². The number of fused-ring (bicyclic) bond motifs is 1. The van der Waals surface area contributed by atoms with Gasteiger partial charge in [0, 0.05) is 5.56 Å². The summed E-state index contributed by atoms with van der Waals surface area (Å²) in [7, 11) is 0. The normalized spacial score (nSPS) is 20.6. The molecule has 2 amide bonds. The van der Waals surface area contributed by atoms with Crippen LogP contribution in [0.3, 0.4) is 0 Å². The van der Waals surface area contributed by atoms with Gasteiger partial charge in [0.1, 0.15) is 12.4 Å². The second-order valence-corrected chi connectivity index (χ2v) is 6.56. The fourth-order valence-corrected chi connectivity index (χ4v) is 3.36. The zero-order valence-corrected chi connectivity index (χ0v) is 14.8. The van der Waals surface area contributed by atoms with E-state index < -0.39 is 29.7 Å². The third kappa shape index (κ3) is 2.85. The molecule has 0 radical (unpaired) electrons. The van der Waals surface area contributed by atoms with Gasteiger partial charge < -0.3 is 4.52 Å². The summed E-state index contributed by atoms with van der Waals surface area (Å²) in [6.07, 6.45) is 0. The maximum Gasteiger partial charge on any atom is 0.263 e. The summed E-state index contributed by atoms with van der Waals surface area (Å²) in [6, 6.07) is 12.6. The molecule has 5 rings (SSSR count). The Hall–Kier alpha value is -3.95. The van der Waals surface area contributed by atoms with Crippen LogP contribution in [0, 0.1) is 5.82 Å². The highest BCUT2D eigenvalue weighted by Crippen LogP contribution is 2.32. The van der Waals surface area contributed by atoms with Crippen LogP contribution in [0.4, 0.5) is 10.1 Å². The molecule has 2 aliphatic rings. The molecule has 0 unspecified atom stereocenters. The predicted molar refractivity (Wildman–Crippen MR) is 96.6 cm³/mol. The fourth-order valence-electron chi connectivity index (χ4n) is 3.36. The molecule has 2 aromatic carbocycles. The highest BCUT2D eigenvalue weighted by atomic mass is 19.1. The van der Waals surface area contributed by atoms with Crippen molar-refractivity contribution in [3.63, 3.8) is 0 Å². The highest BCUT2D eigenvalue weighted by Gasteiger charge is 2.55. The molecule has 1 saturated heterocycles. The fraction of sp³-hybridized carbons (Fsp3) is 0.158. The van der Waals surface area contributed by atoms with Gasteiger partial charge in [0.2, 0.25) is 11.7 Å². The first-order valence-electron chi connectivity index (χ1n) is 8.80. The topological polar surface area (TPSA) is 104 Å². The van der Waals surface area contributed by atoms with Gasteiger partial charge in [0.15, 0.2) is 12.1 Å². The number of imide groups is 1. The average Bonchev–Trinajstić information content (AvgIpc) is 3.43. The standard InChI is InChI=1S/C19H13FN6O3/c20-12-6-8-13(9-7-12)26-18(27)15-16(19(26)28)25(24-22-15)10-14-21-17(23-29-14)11-4-2-1-3-5-11/h1-9,15-16H,10H2/t15-,16+/m0/s1. The van der Waals surface area contributed by atoms with E-state index in [1.807, 2.05) is 30.3 Å². The van der Waals surface area contributed by atoms with Crippen LogP contribution >= 0.6 is 0 Å². The van der Waals surface area contributed by atoms with Crippen molar-refractivity contribution in [3.05, 3.63) is 66.3 Å². The minimum atomic E-state index is -0.955. The van der Waals surface area contributed by atoms with Gasteiger partial charge >= 0.3 is 0 Å². The molecular weight excluding hydrogens is 379 g/mol. The van der Waals surface area contributed by atoms with Crippen molar-refractivity contribution >= 4 is 17.5 Å². The molecule has 0 N–H and O–H groups in total. The second kappa shape index (κ2) is 6.59. The maximum absolute atomic E-state index is 13.2. The summed E-state index contributed by atoms with van der Waals surface area (Å²) in [5.41, 5.74) is 1.08. The van der Waals surface area contributed by atoms with Gasteiger partial charge in [0.05, 0.1) is 5.69 Å². The number of benzene rings is 2. The lowest BCUT2D eigenvalue weighted by molar-refractivity contribution is -0.123. The Bertz CT molecular complexity index is 1110. The van der Waals surface area contributed by atoms with E-state index in [1.54, 1.807) is 0 Å². The van der Waals surface area contributed by atoms with Crippen LogP contribution in [-0.4, -0.2) is 39.0 Å². The van der Waals surface area contributed by atoms with Crippen LogP contribution in [-0.2, 0) is 16.1 Å². The molecule has 0 aliphatic carbocycles. The predicted octanol–water partition coefficient (Wildman–Crippen LogP) is 2.37. The monoisotopic (exact) mass is 392 g/mol. The molecule has 29 heavy (non-hydrogen) atoms. The largest absolute Gasteiger partial charge is 0.337 e. The van der Waals surface area contributed by atoms with Crippen LogP contribution in [0.2, 0.25) is 0 Å². The zero-order chi connectivity index (χ0) is 20.0. The van der Waals surface area contributed by atoms with Crippen molar-refractivity contribution in [1.29, 1.82) is 0 Å². The van der Waals surface area contributed by atoms with Crippen LogP contribution in [0.15, 0.2) is 69.5 Å². The van der Waals surface area contributed by atoms with E-state index in [0.29, 0.717) is 5.82 Å². The SMILES string of the molecule is O=C1[C@H]2N=NN(Cc3nc(-c4ccccc4)no3)[C@H]2C(=O)N1c1ccc(F)cc1. The van der Waals surface area contributed by atoms with E-state index in [2.05, 4.69) is 20.5 Å². The lowest BCUT2D eigenvalue weighted by Gasteiger charge is -2.19. The van der Waals surface area contributed by atoms with Crippen LogP contribution in [0.25, 0.3) is 11.4 Å². The number of hydrogen-bond donors (Lipinski definition) is 0. The molecule has 144 valence electrons. The molecule has 9 nitrogen and oxygen atoms in total. The van der Waals surface area contributed by atoms with E-state index in [4.69, 9.17) is 4.52 Å². The summed E-state index contributed by atoms with van der Waals surface area (Å²) in [4.78, 5) is 30.9. The lowest BCUT2D eigenvalue weighted by atomic mass is 10.1. The first-order chi connectivity index (χ1) is 14.1. The molecule has 2 aliphatic heterocycles. The first-order valence-corrected chi connectivity index (χ1v) is 8.80. The number of anilines is 1. The van der Waals surface area contributed by atoms with Gasteiger partial charge in [-0.25, -0.2) is 9.29 Å². The number of aromatic nitrogens is 2. The molecule has 2 atom stereocenters. The third-order valence-corrected chi connectivity index (χ3v) is 4.74. The number of rotatable bonds is 4. The van der Waals surface area contributed by atoms with Crippen molar-refractivity contribution in [2.75, 3.05) is 4.90 Å². The number of carbonyl (C=O) groups excluding carboxylic acids is 2. The van der Waals surface area contributed by atoms with Crippen LogP contribution in [0.1, 0.15) is 5.89 Å². The molecule has 1 fully saturated rings. The van der Waals surface area contributed by atoms with Gasteiger partial charge in [-0.2, -0.15) is 10.1 Å². The quantitative estimate of drug-likeness (QED) is 0.632. The van der Waals surface area contributed by atoms with E-state index in [1.165, 1.54) is 29.3 Å². The van der Waals surface area contributed by atoms with Crippen molar-refractivity contribution < 1.29 is 18.5 Å². The van der Waals surface area contributed by atoms with Crippen molar-refractivity contribution in [3.8, 4) is 11.4 Å². The molecule has 3 heterocycles. The molecule has 10 heteroatoms. The number of hydrogen-bond acceptors (Lipinski definition) is 8.